The Hall–Kier alpha value is -2.37. The summed E-state index contributed by atoms with van der Waals surface area (Å²) in [4.78, 5) is 37.1. The fraction of sp³-hybridized carbons (Fsp3) is 0.550. The van der Waals surface area contributed by atoms with Crippen molar-refractivity contribution in [2.45, 2.75) is 58.0 Å². The van der Waals surface area contributed by atoms with E-state index in [2.05, 4.69) is 5.32 Å². The first-order chi connectivity index (χ1) is 12.5. The van der Waals surface area contributed by atoms with E-state index < -0.39 is 17.9 Å². The quantitative estimate of drug-likeness (QED) is 0.709. The maximum absolute atomic E-state index is 12.5. The molecule has 0 saturated heterocycles. The average Bonchev–Trinajstić information content (AvgIpc) is 3.16. The van der Waals surface area contributed by atoms with Crippen LogP contribution >= 0.6 is 0 Å². The van der Waals surface area contributed by atoms with Crippen molar-refractivity contribution in [1.82, 2.24) is 10.2 Å². The van der Waals surface area contributed by atoms with Gasteiger partial charge in [-0.2, -0.15) is 0 Å². The van der Waals surface area contributed by atoms with Gasteiger partial charge in [-0.15, -0.1) is 0 Å². The highest BCUT2D eigenvalue weighted by Gasteiger charge is 2.26. The topological polar surface area (TPSA) is 86.7 Å². The number of hydrogen-bond acceptors (Lipinski definition) is 3. The van der Waals surface area contributed by atoms with E-state index in [0.717, 1.165) is 12.0 Å². The number of amides is 2. The summed E-state index contributed by atoms with van der Waals surface area (Å²) >= 11 is 0. The minimum Gasteiger partial charge on any atom is -0.480 e. The summed E-state index contributed by atoms with van der Waals surface area (Å²) in [5.41, 5.74) is 0.849. The van der Waals surface area contributed by atoms with Crippen LogP contribution < -0.4 is 5.32 Å². The number of rotatable bonds is 9. The van der Waals surface area contributed by atoms with E-state index >= 15 is 0 Å². The van der Waals surface area contributed by atoms with Crippen LogP contribution in [0.25, 0.3) is 0 Å². The van der Waals surface area contributed by atoms with Crippen LogP contribution in [-0.2, 0) is 20.9 Å². The second-order valence-corrected chi connectivity index (χ2v) is 6.99. The van der Waals surface area contributed by atoms with E-state index in [1.807, 2.05) is 30.3 Å². The molecule has 0 aliphatic heterocycles. The van der Waals surface area contributed by atoms with E-state index in [4.69, 9.17) is 0 Å². The van der Waals surface area contributed by atoms with Gasteiger partial charge in [0.15, 0.2) is 0 Å². The standard InChI is InChI=1S/C20H28N2O4/c1-15(20(25)26)22(14-17-9-3-2-4-10-17)19(24)13-21-18(23)12-11-16-7-5-6-8-16/h2-4,9-10,15-16H,5-8,11-14H2,1H3,(H,21,23)(H,25,26). The summed E-state index contributed by atoms with van der Waals surface area (Å²) in [5.74, 6) is -0.981. The molecule has 1 atom stereocenters. The average molecular weight is 360 g/mol. The minimum atomic E-state index is -1.07. The van der Waals surface area contributed by atoms with Crippen LogP contribution in [0.2, 0.25) is 0 Å². The molecule has 6 nitrogen and oxygen atoms in total. The van der Waals surface area contributed by atoms with E-state index in [1.54, 1.807) is 0 Å². The van der Waals surface area contributed by atoms with Crippen LogP contribution in [0.4, 0.5) is 0 Å². The first-order valence-corrected chi connectivity index (χ1v) is 9.30. The molecule has 1 aromatic rings. The molecule has 1 fully saturated rings. The van der Waals surface area contributed by atoms with E-state index in [9.17, 15) is 19.5 Å². The normalized spacial score (nSPS) is 15.4. The van der Waals surface area contributed by atoms with Gasteiger partial charge in [-0.3, -0.25) is 9.59 Å². The van der Waals surface area contributed by atoms with Crippen molar-refractivity contribution in [1.29, 1.82) is 0 Å². The van der Waals surface area contributed by atoms with Crippen LogP contribution in [0.3, 0.4) is 0 Å². The van der Waals surface area contributed by atoms with Gasteiger partial charge in [0.25, 0.3) is 0 Å². The summed E-state index contributed by atoms with van der Waals surface area (Å²) in [7, 11) is 0. The number of hydrogen-bond donors (Lipinski definition) is 2. The molecule has 1 aliphatic carbocycles. The van der Waals surface area contributed by atoms with Crippen molar-refractivity contribution in [2.24, 2.45) is 5.92 Å². The lowest BCUT2D eigenvalue weighted by atomic mass is 10.0. The van der Waals surface area contributed by atoms with Crippen molar-refractivity contribution in [3.05, 3.63) is 35.9 Å². The Morgan fingerprint density at radius 2 is 1.85 bits per heavy atom. The van der Waals surface area contributed by atoms with Gasteiger partial charge in [-0.25, -0.2) is 4.79 Å². The van der Waals surface area contributed by atoms with Gasteiger partial charge >= 0.3 is 5.97 Å². The number of nitrogens with one attached hydrogen (secondary N) is 1. The maximum Gasteiger partial charge on any atom is 0.326 e. The molecule has 1 aliphatic rings. The molecule has 2 N–H and O–H groups in total. The molecule has 1 saturated carbocycles. The van der Waals surface area contributed by atoms with Crippen LogP contribution in [0.15, 0.2) is 30.3 Å². The molecule has 0 heterocycles. The Bertz CT molecular complexity index is 611. The molecule has 0 radical (unpaired) electrons. The zero-order valence-electron chi connectivity index (χ0n) is 15.3. The number of carbonyl (C=O) groups excluding carboxylic acids is 2. The lowest BCUT2D eigenvalue weighted by molar-refractivity contribution is -0.149. The van der Waals surface area contributed by atoms with Crippen molar-refractivity contribution in [3.8, 4) is 0 Å². The number of nitrogens with zero attached hydrogens (tertiary/aromatic N) is 1. The summed E-state index contributed by atoms with van der Waals surface area (Å²) in [5, 5.41) is 11.9. The van der Waals surface area contributed by atoms with Gasteiger partial charge in [0.2, 0.25) is 11.8 Å². The molecule has 26 heavy (non-hydrogen) atoms. The molecule has 0 spiro atoms. The zero-order chi connectivity index (χ0) is 18.9. The van der Waals surface area contributed by atoms with Gasteiger partial charge in [-0.05, 0) is 24.8 Å². The number of aliphatic carboxylic acids is 1. The number of carbonyl (C=O) groups is 3. The summed E-state index contributed by atoms with van der Waals surface area (Å²) < 4.78 is 0. The second-order valence-electron chi connectivity index (χ2n) is 6.99. The predicted octanol–water partition coefficient (Wildman–Crippen LogP) is 2.57. The largest absolute Gasteiger partial charge is 0.480 e. The summed E-state index contributed by atoms with van der Waals surface area (Å²) in [6, 6.07) is 8.27. The van der Waals surface area contributed by atoms with E-state index in [1.165, 1.54) is 37.5 Å². The van der Waals surface area contributed by atoms with Crippen molar-refractivity contribution < 1.29 is 19.5 Å². The Morgan fingerprint density at radius 3 is 2.46 bits per heavy atom. The minimum absolute atomic E-state index is 0.145. The van der Waals surface area contributed by atoms with Crippen molar-refractivity contribution >= 4 is 17.8 Å². The van der Waals surface area contributed by atoms with Crippen LogP contribution in [0.1, 0.15) is 51.0 Å². The van der Waals surface area contributed by atoms with Gasteiger partial charge in [0.1, 0.15) is 6.04 Å². The molecule has 6 heteroatoms. The van der Waals surface area contributed by atoms with Gasteiger partial charge in [0, 0.05) is 13.0 Å². The predicted molar refractivity (Wildman–Crippen MR) is 98.3 cm³/mol. The lowest BCUT2D eigenvalue weighted by Gasteiger charge is -2.27. The van der Waals surface area contributed by atoms with Crippen molar-refractivity contribution in [2.75, 3.05) is 6.54 Å². The first-order valence-electron chi connectivity index (χ1n) is 9.30. The van der Waals surface area contributed by atoms with Crippen LogP contribution in [0.5, 0.6) is 0 Å². The molecular formula is C20H28N2O4. The Balaban J connectivity index is 1.86. The lowest BCUT2D eigenvalue weighted by Crippen LogP contribution is -2.47. The summed E-state index contributed by atoms with van der Waals surface area (Å²) in [6.45, 7) is 1.50. The maximum atomic E-state index is 12.5. The fourth-order valence-electron chi connectivity index (χ4n) is 3.35. The molecule has 2 rings (SSSR count). The van der Waals surface area contributed by atoms with Gasteiger partial charge in [-0.1, -0.05) is 56.0 Å². The Kier molecular flexibility index (Phi) is 7.63. The molecule has 142 valence electrons. The van der Waals surface area contributed by atoms with Crippen molar-refractivity contribution in [3.63, 3.8) is 0 Å². The van der Waals surface area contributed by atoms with Gasteiger partial charge in [0.05, 0.1) is 6.54 Å². The monoisotopic (exact) mass is 360 g/mol. The zero-order valence-corrected chi connectivity index (χ0v) is 15.3. The van der Waals surface area contributed by atoms with Gasteiger partial charge < -0.3 is 15.3 Å². The van der Waals surface area contributed by atoms with Crippen LogP contribution in [0, 0.1) is 5.92 Å². The third-order valence-electron chi connectivity index (χ3n) is 5.03. The number of benzene rings is 1. The molecule has 1 unspecified atom stereocenters. The highest BCUT2D eigenvalue weighted by molar-refractivity contribution is 5.87. The summed E-state index contributed by atoms with van der Waals surface area (Å²) in [6.07, 6.45) is 6.14. The number of carboxylic acid groups (broad SMARTS) is 1. The smallest absolute Gasteiger partial charge is 0.326 e. The SMILES string of the molecule is CC(C(=O)O)N(Cc1ccccc1)C(=O)CNC(=O)CCC1CCCC1. The van der Waals surface area contributed by atoms with E-state index in [-0.39, 0.29) is 19.0 Å². The third-order valence-corrected chi connectivity index (χ3v) is 5.03. The molecular weight excluding hydrogens is 332 g/mol. The Labute approximate surface area is 154 Å². The molecule has 0 aromatic heterocycles. The highest BCUT2D eigenvalue weighted by atomic mass is 16.4. The fourth-order valence-corrected chi connectivity index (χ4v) is 3.35. The second kappa shape index (κ2) is 9.94. The number of carboxylic acids is 1. The third kappa shape index (κ3) is 6.17. The van der Waals surface area contributed by atoms with Crippen LogP contribution in [-0.4, -0.2) is 40.4 Å². The first kappa shape index (κ1) is 19.9. The molecule has 1 aromatic carbocycles. The molecule has 0 bridgehead atoms. The Morgan fingerprint density at radius 1 is 1.19 bits per heavy atom. The highest BCUT2D eigenvalue weighted by Crippen LogP contribution is 2.28. The molecule has 2 amide bonds. The van der Waals surface area contributed by atoms with E-state index in [0.29, 0.717) is 12.3 Å².